The van der Waals surface area contributed by atoms with E-state index in [2.05, 4.69) is 24.4 Å². The van der Waals surface area contributed by atoms with Gasteiger partial charge in [0, 0.05) is 6.04 Å². The molecule has 0 aliphatic heterocycles. The van der Waals surface area contributed by atoms with Crippen LogP contribution in [-0.4, -0.2) is 17.4 Å². The minimum absolute atomic E-state index is 0.308. The molecule has 0 bridgehead atoms. The SMILES string of the molecule is CC(O)NC(C)Cc1ccccc1. The predicted octanol–water partition coefficient (Wildman–Crippen LogP) is 1.55. The molecule has 0 amide bonds. The molecule has 0 aliphatic rings. The zero-order chi connectivity index (χ0) is 9.68. The van der Waals surface area contributed by atoms with Crippen LogP contribution in [0.1, 0.15) is 19.4 Å². The monoisotopic (exact) mass is 179 g/mol. The summed E-state index contributed by atoms with van der Waals surface area (Å²) < 4.78 is 0. The van der Waals surface area contributed by atoms with Crippen molar-refractivity contribution in [1.82, 2.24) is 5.32 Å². The van der Waals surface area contributed by atoms with E-state index in [0.29, 0.717) is 6.04 Å². The number of aliphatic hydroxyl groups excluding tert-OH is 1. The topological polar surface area (TPSA) is 32.3 Å². The Kier molecular flexibility index (Phi) is 3.93. The maximum Gasteiger partial charge on any atom is 0.102 e. The second kappa shape index (κ2) is 5.00. The first kappa shape index (κ1) is 10.2. The number of aliphatic hydroxyl groups is 1. The van der Waals surface area contributed by atoms with E-state index in [-0.39, 0.29) is 0 Å². The van der Waals surface area contributed by atoms with Crippen molar-refractivity contribution in [3.8, 4) is 0 Å². The van der Waals surface area contributed by atoms with E-state index < -0.39 is 6.23 Å². The summed E-state index contributed by atoms with van der Waals surface area (Å²) >= 11 is 0. The molecule has 2 heteroatoms. The highest BCUT2D eigenvalue weighted by Gasteiger charge is 2.04. The lowest BCUT2D eigenvalue weighted by atomic mass is 10.1. The van der Waals surface area contributed by atoms with Gasteiger partial charge in [-0.3, -0.25) is 5.32 Å². The van der Waals surface area contributed by atoms with Crippen LogP contribution in [0.15, 0.2) is 30.3 Å². The smallest absolute Gasteiger partial charge is 0.102 e. The van der Waals surface area contributed by atoms with Gasteiger partial charge in [-0.05, 0) is 25.8 Å². The molecule has 2 atom stereocenters. The molecule has 0 spiro atoms. The van der Waals surface area contributed by atoms with Gasteiger partial charge in [0.1, 0.15) is 6.23 Å². The largest absolute Gasteiger partial charge is 0.379 e. The molecule has 0 saturated heterocycles. The van der Waals surface area contributed by atoms with Crippen LogP contribution in [0.25, 0.3) is 0 Å². The Morgan fingerprint density at radius 2 is 1.85 bits per heavy atom. The van der Waals surface area contributed by atoms with Crippen LogP contribution < -0.4 is 5.32 Å². The Bertz CT molecular complexity index is 233. The van der Waals surface area contributed by atoms with Crippen LogP contribution in [0.2, 0.25) is 0 Å². The van der Waals surface area contributed by atoms with Gasteiger partial charge < -0.3 is 5.11 Å². The summed E-state index contributed by atoms with van der Waals surface area (Å²) in [6.07, 6.45) is 0.518. The number of nitrogens with one attached hydrogen (secondary N) is 1. The highest BCUT2D eigenvalue weighted by molar-refractivity contribution is 5.15. The molecule has 0 aromatic heterocycles. The minimum atomic E-state index is -0.432. The van der Waals surface area contributed by atoms with Crippen LogP contribution in [0.4, 0.5) is 0 Å². The molecular weight excluding hydrogens is 162 g/mol. The van der Waals surface area contributed by atoms with E-state index in [0.717, 1.165) is 6.42 Å². The van der Waals surface area contributed by atoms with Crippen molar-refractivity contribution in [2.75, 3.05) is 0 Å². The summed E-state index contributed by atoms with van der Waals surface area (Å²) in [6, 6.07) is 10.6. The zero-order valence-electron chi connectivity index (χ0n) is 8.20. The fourth-order valence-corrected chi connectivity index (χ4v) is 1.44. The fourth-order valence-electron chi connectivity index (χ4n) is 1.44. The Labute approximate surface area is 79.6 Å². The summed E-state index contributed by atoms with van der Waals surface area (Å²) in [5, 5.41) is 12.1. The number of rotatable bonds is 4. The number of hydrogen-bond acceptors (Lipinski definition) is 2. The average molecular weight is 179 g/mol. The fraction of sp³-hybridized carbons (Fsp3) is 0.455. The van der Waals surface area contributed by atoms with Gasteiger partial charge in [0.05, 0.1) is 0 Å². The van der Waals surface area contributed by atoms with Gasteiger partial charge in [-0.15, -0.1) is 0 Å². The highest BCUT2D eigenvalue weighted by Crippen LogP contribution is 2.02. The molecule has 0 fully saturated rings. The van der Waals surface area contributed by atoms with Gasteiger partial charge >= 0.3 is 0 Å². The maximum atomic E-state index is 9.09. The first-order chi connectivity index (χ1) is 6.18. The molecule has 2 nitrogen and oxygen atoms in total. The van der Waals surface area contributed by atoms with Gasteiger partial charge in [-0.25, -0.2) is 0 Å². The van der Waals surface area contributed by atoms with Crippen molar-refractivity contribution in [2.45, 2.75) is 32.5 Å². The molecule has 0 heterocycles. The standard InChI is InChI=1S/C11H17NO/c1-9(12-10(2)13)8-11-6-4-3-5-7-11/h3-7,9-10,12-13H,8H2,1-2H3. The van der Waals surface area contributed by atoms with Gasteiger partial charge in [-0.1, -0.05) is 30.3 Å². The second-order valence-electron chi connectivity index (χ2n) is 3.43. The van der Waals surface area contributed by atoms with Gasteiger partial charge in [0.25, 0.3) is 0 Å². The summed E-state index contributed by atoms with van der Waals surface area (Å²) in [6.45, 7) is 3.81. The number of benzene rings is 1. The summed E-state index contributed by atoms with van der Waals surface area (Å²) in [4.78, 5) is 0. The van der Waals surface area contributed by atoms with E-state index in [1.165, 1.54) is 5.56 Å². The van der Waals surface area contributed by atoms with Crippen LogP contribution in [0.3, 0.4) is 0 Å². The maximum absolute atomic E-state index is 9.09. The third-order valence-electron chi connectivity index (χ3n) is 1.91. The first-order valence-electron chi connectivity index (χ1n) is 4.66. The Morgan fingerprint density at radius 3 is 2.38 bits per heavy atom. The third-order valence-corrected chi connectivity index (χ3v) is 1.91. The number of hydrogen-bond donors (Lipinski definition) is 2. The van der Waals surface area contributed by atoms with Crippen molar-refractivity contribution in [1.29, 1.82) is 0 Å². The lowest BCUT2D eigenvalue weighted by molar-refractivity contribution is 0.143. The van der Waals surface area contributed by atoms with E-state index in [1.54, 1.807) is 6.92 Å². The molecule has 0 aliphatic carbocycles. The van der Waals surface area contributed by atoms with Crippen molar-refractivity contribution >= 4 is 0 Å². The van der Waals surface area contributed by atoms with E-state index >= 15 is 0 Å². The molecule has 2 unspecified atom stereocenters. The van der Waals surface area contributed by atoms with Crippen molar-refractivity contribution in [3.05, 3.63) is 35.9 Å². The zero-order valence-corrected chi connectivity index (χ0v) is 8.20. The summed E-state index contributed by atoms with van der Waals surface area (Å²) in [5.41, 5.74) is 1.29. The highest BCUT2D eigenvalue weighted by atomic mass is 16.3. The molecule has 1 rings (SSSR count). The Hall–Kier alpha value is -0.860. The van der Waals surface area contributed by atoms with Crippen LogP contribution >= 0.6 is 0 Å². The van der Waals surface area contributed by atoms with Crippen LogP contribution in [0.5, 0.6) is 0 Å². The van der Waals surface area contributed by atoms with Gasteiger partial charge in [-0.2, -0.15) is 0 Å². The van der Waals surface area contributed by atoms with Gasteiger partial charge in [0.15, 0.2) is 0 Å². The summed E-state index contributed by atoms with van der Waals surface area (Å²) in [7, 11) is 0. The second-order valence-corrected chi connectivity index (χ2v) is 3.43. The summed E-state index contributed by atoms with van der Waals surface area (Å²) in [5.74, 6) is 0. The van der Waals surface area contributed by atoms with E-state index in [9.17, 15) is 0 Å². The molecule has 2 N–H and O–H groups in total. The minimum Gasteiger partial charge on any atom is -0.379 e. The Morgan fingerprint density at radius 1 is 1.23 bits per heavy atom. The van der Waals surface area contributed by atoms with E-state index in [4.69, 9.17) is 5.11 Å². The molecular formula is C11H17NO. The molecule has 1 aromatic carbocycles. The Balaban J connectivity index is 2.41. The van der Waals surface area contributed by atoms with Crippen molar-refractivity contribution < 1.29 is 5.11 Å². The van der Waals surface area contributed by atoms with Crippen LogP contribution in [0, 0.1) is 0 Å². The molecule has 0 radical (unpaired) electrons. The normalized spacial score (nSPS) is 15.3. The lowest BCUT2D eigenvalue weighted by Crippen LogP contribution is -2.35. The van der Waals surface area contributed by atoms with Crippen molar-refractivity contribution in [3.63, 3.8) is 0 Å². The van der Waals surface area contributed by atoms with Crippen LogP contribution in [-0.2, 0) is 6.42 Å². The predicted molar refractivity (Wildman–Crippen MR) is 54.4 cm³/mol. The quantitative estimate of drug-likeness (QED) is 0.687. The lowest BCUT2D eigenvalue weighted by Gasteiger charge is -2.15. The molecule has 13 heavy (non-hydrogen) atoms. The molecule has 1 aromatic rings. The first-order valence-corrected chi connectivity index (χ1v) is 4.66. The average Bonchev–Trinajstić information content (AvgIpc) is 2.04. The van der Waals surface area contributed by atoms with Crippen molar-refractivity contribution in [2.24, 2.45) is 0 Å². The molecule has 0 saturated carbocycles. The molecule has 72 valence electrons. The van der Waals surface area contributed by atoms with E-state index in [1.807, 2.05) is 18.2 Å². The third kappa shape index (κ3) is 4.06. The van der Waals surface area contributed by atoms with Gasteiger partial charge in [0.2, 0.25) is 0 Å².